The number of halogens is 2. The van der Waals surface area contributed by atoms with E-state index in [2.05, 4.69) is 4.98 Å². The van der Waals surface area contributed by atoms with Crippen LogP contribution in [0.15, 0.2) is 28.0 Å². The van der Waals surface area contributed by atoms with Crippen molar-refractivity contribution < 1.29 is 8.81 Å². The molecule has 2 heterocycles. The van der Waals surface area contributed by atoms with E-state index in [1.807, 2.05) is 5.38 Å². The Balaban J connectivity index is 2.27. The van der Waals surface area contributed by atoms with Crippen molar-refractivity contribution in [3.8, 4) is 11.5 Å². The second kappa shape index (κ2) is 3.72. The highest BCUT2D eigenvalue weighted by atomic mass is 35.5. The Labute approximate surface area is 105 Å². The molecule has 0 amide bonds. The first-order valence-corrected chi connectivity index (χ1v) is 6.00. The van der Waals surface area contributed by atoms with Gasteiger partial charge in [0.05, 0.1) is 15.6 Å². The van der Waals surface area contributed by atoms with Crippen molar-refractivity contribution in [3.63, 3.8) is 0 Å². The van der Waals surface area contributed by atoms with Crippen LogP contribution >= 0.6 is 22.9 Å². The minimum atomic E-state index is -0.444. The number of nitrogen functional groups attached to an aromatic ring is 1. The van der Waals surface area contributed by atoms with E-state index in [0.717, 1.165) is 0 Å². The molecule has 0 aliphatic heterocycles. The Hall–Kier alpha value is -1.59. The third-order valence-corrected chi connectivity index (χ3v) is 3.36. The molecule has 0 atom stereocenters. The highest BCUT2D eigenvalue weighted by Gasteiger charge is 2.14. The minimum Gasteiger partial charge on any atom is -0.434 e. The number of hydrogen-bond donors (Lipinski definition) is 1. The van der Waals surface area contributed by atoms with Crippen LogP contribution in [-0.4, -0.2) is 4.98 Å². The number of nitrogens with two attached hydrogens (primary N) is 1. The van der Waals surface area contributed by atoms with Gasteiger partial charge in [-0.1, -0.05) is 11.6 Å². The fourth-order valence-corrected chi connectivity index (χ4v) is 2.45. The van der Waals surface area contributed by atoms with Crippen LogP contribution in [0.25, 0.3) is 22.6 Å². The zero-order valence-electron chi connectivity index (χ0n) is 8.41. The summed E-state index contributed by atoms with van der Waals surface area (Å²) >= 11 is 7.26. The number of hydrogen-bond acceptors (Lipinski definition) is 4. The molecule has 0 saturated carbocycles. The SMILES string of the molecule is Nc1sccc1-c1nc2cc(F)cc(Cl)c2o1. The largest absolute Gasteiger partial charge is 0.434 e. The third-order valence-electron chi connectivity index (χ3n) is 2.34. The molecule has 2 N–H and O–H groups in total. The lowest BCUT2D eigenvalue weighted by Gasteiger charge is -1.91. The van der Waals surface area contributed by atoms with Gasteiger partial charge in [-0.3, -0.25) is 0 Å². The zero-order chi connectivity index (χ0) is 12.0. The second-order valence-electron chi connectivity index (χ2n) is 3.45. The number of thiophene rings is 1. The van der Waals surface area contributed by atoms with Crippen LogP contribution < -0.4 is 5.73 Å². The average Bonchev–Trinajstić information content (AvgIpc) is 2.83. The molecule has 0 aliphatic carbocycles. The van der Waals surface area contributed by atoms with Gasteiger partial charge in [-0.15, -0.1) is 11.3 Å². The molecule has 0 spiro atoms. The van der Waals surface area contributed by atoms with Crippen molar-refractivity contribution in [2.24, 2.45) is 0 Å². The Bertz CT molecular complexity index is 707. The van der Waals surface area contributed by atoms with E-state index < -0.39 is 5.82 Å². The summed E-state index contributed by atoms with van der Waals surface area (Å²) in [6.45, 7) is 0. The lowest BCUT2D eigenvalue weighted by molar-refractivity contribution is 0.614. The maximum Gasteiger partial charge on any atom is 0.230 e. The van der Waals surface area contributed by atoms with Crippen LogP contribution in [0.5, 0.6) is 0 Å². The van der Waals surface area contributed by atoms with Crippen molar-refractivity contribution in [1.29, 1.82) is 0 Å². The highest BCUT2D eigenvalue weighted by Crippen LogP contribution is 2.34. The van der Waals surface area contributed by atoms with Gasteiger partial charge in [0.2, 0.25) is 5.89 Å². The Morgan fingerprint density at radius 3 is 2.94 bits per heavy atom. The van der Waals surface area contributed by atoms with Crippen LogP contribution in [0.2, 0.25) is 5.02 Å². The van der Waals surface area contributed by atoms with Gasteiger partial charge >= 0.3 is 0 Å². The Morgan fingerprint density at radius 1 is 1.41 bits per heavy atom. The summed E-state index contributed by atoms with van der Waals surface area (Å²) < 4.78 is 18.6. The van der Waals surface area contributed by atoms with E-state index in [-0.39, 0.29) is 5.02 Å². The first-order chi connectivity index (χ1) is 8.15. The van der Waals surface area contributed by atoms with Crippen molar-refractivity contribution >= 4 is 39.0 Å². The summed E-state index contributed by atoms with van der Waals surface area (Å²) in [6, 6.07) is 4.27. The van der Waals surface area contributed by atoms with Crippen LogP contribution in [0.1, 0.15) is 0 Å². The van der Waals surface area contributed by atoms with Crippen molar-refractivity contribution in [3.05, 3.63) is 34.4 Å². The molecule has 1 aromatic carbocycles. The zero-order valence-corrected chi connectivity index (χ0v) is 9.98. The van der Waals surface area contributed by atoms with Crippen molar-refractivity contribution in [2.75, 3.05) is 5.73 Å². The number of fused-ring (bicyclic) bond motifs is 1. The fourth-order valence-electron chi connectivity index (χ4n) is 1.57. The number of anilines is 1. The van der Waals surface area contributed by atoms with Crippen LogP contribution in [0.3, 0.4) is 0 Å². The van der Waals surface area contributed by atoms with Crippen molar-refractivity contribution in [2.45, 2.75) is 0 Å². The summed E-state index contributed by atoms with van der Waals surface area (Å²) in [5, 5.41) is 2.64. The fraction of sp³-hybridized carbons (Fsp3) is 0. The number of aromatic nitrogens is 1. The van der Waals surface area contributed by atoms with E-state index in [1.165, 1.54) is 23.5 Å². The quantitative estimate of drug-likeness (QED) is 0.727. The monoisotopic (exact) mass is 268 g/mol. The molecule has 6 heteroatoms. The van der Waals surface area contributed by atoms with E-state index >= 15 is 0 Å². The molecule has 3 rings (SSSR count). The predicted octanol–water partition coefficient (Wildman–Crippen LogP) is 3.93. The molecule has 3 nitrogen and oxygen atoms in total. The summed E-state index contributed by atoms with van der Waals surface area (Å²) in [4.78, 5) is 4.17. The molecular formula is C11H6ClFN2OS. The highest BCUT2D eigenvalue weighted by molar-refractivity contribution is 7.14. The van der Waals surface area contributed by atoms with Crippen LogP contribution in [0.4, 0.5) is 9.39 Å². The van der Waals surface area contributed by atoms with Crippen LogP contribution in [-0.2, 0) is 0 Å². The number of nitrogens with zero attached hydrogens (tertiary/aromatic N) is 1. The lowest BCUT2D eigenvalue weighted by atomic mass is 10.3. The molecule has 3 aromatic rings. The van der Waals surface area contributed by atoms with Gasteiger partial charge < -0.3 is 10.2 Å². The number of benzene rings is 1. The molecule has 0 fully saturated rings. The molecule has 86 valence electrons. The van der Waals surface area contributed by atoms with Crippen molar-refractivity contribution in [1.82, 2.24) is 4.98 Å². The smallest absolute Gasteiger partial charge is 0.230 e. The minimum absolute atomic E-state index is 0.201. The average molecular weight is 269 g/mol. The van der Waals surface area contributed by atoms with Gasteiger partial charge in [-0.25, -0.2) is 9.37 Å². The lowest BCUT2D eigenvalue weighted by Crippen LogP contribution is -1.82. The predicted molar refractivity (Wildman–Crippen MR) is 66.7 cm³/mol. The summed E-state index contributed by atoms with van der Waals surface area (Å²) in [6.07, 6.45) is 0. The van der Waals surface area contributed by atoms with E-state index in [1.54, 1.807) is 6.07 Å². The van der Waals surface area contributed by atoms with Gasteiger partial charge in [0.1, 0.15) is 11.3 Å². The van der Waals surface area contributed by atoms with Gasteiger partial charge in [0.15, 0.2) is 5.58 Å². The normalized spacial score (nSPS) is 11.2. The maximum atomic E-state index is 13.1. The molecule has 0 aliphatic rings. The van der Waals surface area contributed by atoms with E-state index in [0.29, 0.717) is 27.6 Å². The molecule has 17 heavy (non-hydrogen) atoms. The Morgan fingerprint density at radius 2 is 2.24 bits per heavy atom. The third kappa shape index (κ3) is 1.67. The molecular weight excluding hydrogens is 263 g/mol. The molecule has 0 unspecified atom stereocenters. The standard InChI is InChI=1S/C11H6ClFN2OS/c12-7-3-5(13)4-8-9(7)16-11(15-8)6-1-2-17-10(6)14/h1-4H,14H2. The maximum absolute atomic E-state index is 13.1. The van der Waals surface area contributed by atoms with E-state index in [4.69, 9.17) is 21.8 Å². The van der Waals surface area contributed by atoms with Gasteiger partial charge in [-0.2, -0.15) is 0 Å². The van der Waals surface area contributed by atoms with Crippen LogP contribution in [0, 0.1) is 5.82 Å². The number of rotatable bonds is 1. The Kier molecular flexibility index (Phi) is 2.31. The van der Waals surface area contributed by atoms with Gasteiger partial charge in [-0.05, 0) is 17.5 Å². The molecule has 2 aromatic heterocycles. The number of oxazole rings is 1. The summed E-state index contributed by atoms with van der Waals surface area (Å²) in [5.41, 5.74) is 7.22. The first kappa shape index (κ1) is 10.6. The summed E-state index contributed by atoms with van der Waals surface area (Å²) in [5.74, 6) is -0.0908. The second-order valence-corrected chi connectivity index (χ2v) is 4.81. The topological polar surface area (TPSA) is 52.0 Å². The van der Waals surface area contributed by atoms with Gasteiger partial charge in [0, 0.05) is 6.07 Å². The first-order valence-electron chi connectivity index (χ1n) is 4.74. The summed E-state index contributed by atoms with van der Waals surface area (Å²) in [7, 11) is 0. The molecule has 0 saturated heterocycles. The van der Waals surface area contributed by atoms with E-state index in [9.17, 15) is 4.39 Å². The molecule has 0 bridgehead atoms. The van der Waals surface area contributed by atoms with Gasteiger partial charge in [0.25, 0.3) is 0 Å². The molecule has 0 radical (unpaired) electrons.